The Bertz CT molecular complexity index is 400. The minimum Gasteiger partial charge on any atom is -0.354 e. The highest BCUT2D eigenvalue weighted by molar-refractivity contribution is 6.17. The van der Waals surface area contributed by atoms with Crippen molar-refractivity contribution < 1.29 is 0 Å². The third-order valence-corrected chi connectivity index (χ3v) is 4.12. The van der Waals surface area contributed by atoms with E-state index < -0.39 is 0 Å². The van der Waals surface area contributed by atoms with Crippen LogP contribution in [0.2, 0.25) is 0 Å². The monoisotopic (exact) mass is 255 g/mol. The number of aromatic nitrogens is 2. The molecule has 0 amide bonds. The molecule has 2 heterocycles. The highest BCUT2D eigenvalue weighted by Crippen LogP contribution is 2.31. The van der Waals surface area contributed by atoms with E-state index in [0.717, 1.165) is 18.2 Å². The molecule has 0 spiro atoms. The minimum atomic E-state index is 0.549. The van der Waals surface area contributed by atoms with Crippen LogP contribution in [0.1, 0.15) is 37.9 Å². The fraction of sp³-hybridized carbons (Fsp3) is 0.769. The average Bonchev–Trinajstić information content (AvgIpc) is 2.53. The number of aryl methyl sites for hydroxylation is 2. The van der Waals surface area contributed by atoms with Gasteiger partial charge < -0.3 is 4.90 Å². The standard InChI is InChI=1S/C13H22ClN3/c1-9-5-6-17(10(2)7-9)13-12(8-14)11(3)15-16(13)4/h9-10H,5-8H2,1-4H3. The molecule has 1 aliphatic heterocycles. The van der Waals surface area contributed by atoms with Crippen LogP contribution in [-0.2, 0) is 12.9 Å². The summed E-state index contributed by atoms with van der Waals surface area (Å²) in [5.41, 5.74) is 2.25. The SMILES string of the molecule is Cc1nn(C)c(N2CCC(C)CC2C)c1CCl. The van der Waals surface area contributed by atoms with Gasteiger partial charge in [0, 0.05) is 25.2 Å². The molecule has 0 N–H and O–H groups in total. The topological polar surface area (TPSA) is 21.1 Å². The van der Waals surface area contributed by atoms with E-state index >= 15 is 0 Å². The van der Waals surface area contributed by atoms with Crippen LogP contribution in [0.15, 0.2) is 0 Å². The molecule has 0 radical (unpaired) electrons. The van der Waals surface area contributed by atoms with E-state index in [4.69, 9.17) is 11.6 Å². The van der Waals surface area contributed by atoms with Gasteiger partial charge in [0.15, 0.2) is 0 Å². The van der Waals surface area contributed by atoms with Gasteiger partial charge in [0.05, 0.1) is 11.6 Å². The lowest BCUT2D eigenvalue weighted by Crippen LogP contribution is -2.41. The van der Waals surface area contributed by atoms with Crippen LogP contribution >= 0.6 is 11.6 Å². The van der Waals surface area contributed by atoms with Gasteiger partial charge in [-0.05, 0) is 32.6 Å². The molecule has 17 heavy (non-hydrogen) atoms. The van der Waals surface area contributed by atoms with Crippen molar-refractivity contribution in [3.8, 4) is 0 Å². The maximum atomic E-state index is 6.07. The summed E-state index contributed by atoms with van der Waals surface area (Å²) in [6.07, 6.45) is 2.52. The first kappa shape index (κ1) is 12.7. The van der Waals surface area contributed by atoms with Crippen molar-refractivity contribution in [2.45, 2.75) is 45.5 Å². The van der Waals surface area contributed by atoms with Crippen molar-refractivity contribution >= 4 is 17.4 Å². The lowest BCUT2D eigenvalue weighted by molar-refractivity contribution is 0.372. The molecule has 4 heteroatoms. The molecule has 1 aromatic rings. The normalized spacial score (nSPS) is 25.4. The number of anilines is 1. The van der Waals surface area contributed by atoms with Crippen molar-refractivity contribution in [1.29, 1.82) is 0 Å². The fourth-order valence-corrected chi connectivity index (χ4v) is 3.24. The summed E-state index contributed by atoms with van der Waals surface area (Å²) >= 11 is 6.07. The van der Waals surface area contributed by atoms with E-state index in [1.807, 2.05) is 18.7 Å². The Hall–Kier alpha value is -0.700. The summed E-state index contributed by atoms with van der Waals surface area (Å²) < 4.78 is 1.99. The summed E-state index contributed by atoms with van der Waals surface area (Å²) in [5.74, 6) is 2.60. The molecule has 2 unspecified atom stereocenters. The Kier molecular flexibility index (Phi) is 3.67. The predicted molar refractivity (Wildman–Crippen MR) is 72.7 cm³/mol. The molecular formula is C13H22ClN3. The number of hydrogen-bond donors (Lipinski definition) is 0. The summed E-state index contributed by atoms with van der Waals surface area (Å²) in [7, 11) is 2.02. The highest BCUT2D eigenvalue weighted by atomic mass is 35.5. The first-order valence-corrected chi connectivity index (χ1v) is 6.93. The molecule has 0 bridgehead atoms. The molecule has 96 valence electrons. The van der Waals surface area contributed by atoms with Crippen LogP contribution < -0.4 is 4.90 Å². The van der Waals surface area contributed by atoms with E-state index in [9.17, 15) is 0 Å². The number of nitrogens with zero attached hydrogens (tertiary/aromatic N) is 3. The van der Waals surface area contributed by atoms with E-state index in [-0.39, 0.29) is 0 Å². The zero-order chi connectivity index (χ0) is 12.6. The van der Waals surface area contributed by atoms with E-state index in [2.05, 4.69) is 23.8 Å². The smallest absolute Gasteiger partial charge is 0.131 e. The Morgan fingerprint density at radius 3 is 2.71 bits per heavy atom. The van der Waals surface area contributed by atoms with Crippen molar-refractivity contribution in [1.82, 2.24) is 9.78 Å². The van der Waals surface area contributed by atoms with Gasteiger partial charge in [0.2, 0.25) is 0 Å². The summed E-state index contributed by atoms with van der Waals surface area (Å²) in [5, 5.41) is 4.50. The quantitative estimate of drug-likeness (QED) is 0.758. The maximum absolute atomic E-state index is 6.07. The summed E-state index contributed by atoms with van der Waals surface area (Å²) in [6.45, 7) is 7.80. The Labute approximate surface area is 109 Å². The zero-order valence-corrected chi connectivity index (χ0v) is 12.0. The van der Waals surface area contributed by atoms with Gasteiger partial charge in [-0.3, -0.25) is 4.68 Å². The van der Waals surface area contributed by atoms with Gasteiger partial charge in [0.25, 0.3) is 0 Å². The average molecular weight is 256 g/mol. The molecule has 3 nitrogen and oxygen atoms in total. The van der Waals surface area contributed by atoms with Crippen molar-refractivity contribution in [3.63, 3.8) is 0 Å². The number of rotatable bonds is 2. The van der Waals surface area contributed by atoms with Crippen LogP contribution in [0.5, 0.6) is 0 Å². The number of hydrogen-bond acceptors (Lipinski definition) is 2. The molecule has 2 atom stereocenters. The van der Waals surface area contributed by atoms with Gasteiger partial charge >= 0.3 is 0 Å². The lowest BCUT2D eigenvalue weighted by Gasteiger charge is -2.38. The Morgan fingerprint density at radius 2 is 2.12 bits per heavy atom. The second-order valence-electron chi connectivity index (χ2n) is 5.32. The van der Waals surface area contributed by atoms with E-state index in [1.165, 1.54) is 24.2 Å². The second-order valence-corrected chi connectivity index (χ2v) is 5.58. The number of halogens is 1. The molecule has 1 saturated heterocycles. The first-order valence-electron chi connectivity index (χ1n) is 6.39. The maximum Gasteiger partial charge on any atom is 0.131 e. The van der Waals surface area contributed by atoms with Gasteiger partial charge in [-0.1, -0.05) is 6.92 Å². The van der Waals surface area contributed by atoms with Gasteiger partial charge in [-0.25, -0.2) is 0 Å². The van der Waals surface area contributed by atoms with Crippen LogP contribution in [0.3, 0.4) is 0 Å². The van der Waals surface area contributed by atoms with Crippen molar-refractivity contribution in [2.75, 3.05) is 11.4 Å². The minimum absolute atomic E-state index is 0.549. The van der Waals surface area contributed by atoms with Gasteiger partial charge in [0.1, 0.15) is 5.82 Å². The molecule has 0 aliphatic carbocycles. The van der Waals surface area contributed by atoms with Crippen LogP contribution in [0.25, 0.3) is 0 Å². The third kappa shape index (κ3) is 2.30. The fourth-order valence-electron chi connectivity index (χ4n) is 2.93. The third-order valence-electron chi connectivity index (χ3n) is 3.86. The van der Waals surface area contributed by atoms with Gasteiger partial charge in [-0.15, -0.1) is 11.6 Å². The zero-order valence-electron chi connectivity index (χ0n) is 11.2. The van der Waals surface area contributed by atoms with Crippen LogP contribution in [0.4, 0.5) is 5.82 Å². The lowest BCUT2D eigenvalue weighted by atomic mass is 9.93. The number of piperidine rings is 1. The molecule has 0 aromatic carbocycles. The molecular weight excluding hydrogens is 234 g/mol. The summed E-state index contributed by atoms with van der Waals surface area (Å²) in [6, 6.07) is 0.579. The molecule has 0 saturated carbocycles. The molecule has 1 fully saturated rings. The molecule has 1 aliphatic rings. The molecule has 2 rings (SSSR count). The van der Waals surface area contributed by atoms with Crippen molar-refractivity contribution in [3.05, 3.63) is 11.3 Å². The van der Waals surface area contributed by atoms with E-state index in [0.29, 0.717) is 11.9 Å². The molecule has 1 aromatic heterocycles. The predicted octanol–water partition coefficient (Wildman–Crippen LogP) is 3.09. The van der Waals surface area contributed by atoms with E-state index in [1.54, 1.807) is 0 Å². The Morgan fingerprint density at radius 1 is 1.41 bits per heavy atom. The van der Waals surface area contributed by atoms with Crippen LogP contribution in [0, 0.1) is 12.8 Å². The van der Waals surface area contributed by atoms with Gasteiger partial charge in [-0.2, -0.15) is 5.10 Å². The van der Waals surface area contributed by atoms with Crippen molar-refractivity contribution in [2.24, 2.45) is 13.0 Å². The number of alkyl halides is 1. The first-order chi connectivity index (χ1) is 8.04. The van der Waals surface area contributed by atoms with Crippen LogP contribution in [-0.4, -0.2) is 22.4 Å². The summed E-state index contributed by atoms with van der Waals surface area (Å²) in [4.78, 5) is 2.47. The highest BCUT2D eigenvalue weighted by Gasteiger charge is 2.27. The largest absolute Gasteiger partial charge is 0.354 e. The Balaban J connectivity index is 2.33. The second kappa shape index (κ2) is 4.89.